The number of carbonyl (C=O) groups excluding carboxylic acids is 1. The van der Waals surface area contributed by atoms with Gasteiger partial charge in [-0.25, -0.2) is 13.2 Å². The zero-order valence-electron chi connectivity index (χ0n) is 10.8. The lowest BCUT2D eigenvalue weighted by Crippen LogP contribution is -2.41. The fourth-order valence-corrected chi connectivity index (χ4v) is 4.37. The van der Waals surface area contributed by atoms with E-state index in [-0.39, 0.29) is 29.8 Å². The highest BCUT2D eigenvalue weighted by atomic mass is 32.2. The number of hydrogen-bond acceptors (Lipinski definition) is 5. The molecule has 0 aliphatic carbocycles. The van der Waals surface area contributed by atoms with E-state index in [1.807, 2.05) is 6.26 Å². The van der Waals surface area contributed by atoms with Crippen molar-refractivity contribution < 1.29 is 23.1 Å². The molecule has 8 heteroatoms. The zero-order valence-corrected chi connectivity index (χ0v) is 12.4. The van der Waals surface area contributed by atoms with Crippen molar-refractivity contribution in [2.24, 2.45) is 5.92 Å². The van der Waals surface area contributed by atoms with E-state index in [0.717, 1.165) is 0 Å². The van der Waals surface area contributed by atoms with Crippen molar-refractivity contribution in [3.8, 4) is 0 Å². The molecule has 0 aromatic heterocycles. The Morgan fingerprint density at radius 2 is 2.16 bits per heavy atom. The van der Waals surface area contributed by atoms with Gasteiger partial charge in [0, 0.05) is 6.42 Å². The van der Waals surface area contributed by atoms with E-state index in [0.29, 0.717) is 18.6 Å². The van der Waals surface area contributed by atoms with Crippen molar-refractivity contribution in [1.82, 2.24) is 5.32 Å². The quantitative estimate of drug-likeness (QED) is 0.693. The van der Waals surface area contributed by atoms with E-state index >= 15 is 0 Å². The molecule has 2 N–H and O–H groups in total. The minimum atomic E-state index is -3.00. The molecule has 110 valence electrons. The highest BCUT2D eigenvalue weighted by Gasteiger charge is 2.30. The van der Waals surface area contributed by atoms with Crippen molar-refractivity contribution in [3.63, 3.8) is 0 Å². The smallest absolute Gasteiger partial charge is 0.326 e. The maximum absolute atomic E-state index is 11.7. The van der Waals surface area contributed by atoms with Crippen molar-refractivity contribution in [2.45, 2.75) is 25.3 Å². The molecule has 1 rings (SSSR count). The number of amides is 1. The summed E-state index contributed by atoms with van der Waals surface area (Å²) < 4.78 is 22.5. The summed E-state index contributed by atoms with van der Waals surface area (Å²) in [4.78, 5) is 22.7. The molecule has 1 heterocycles. The highest BCUT2D eigenvalue weighted by Crippen LogP contribution is 2.21. The maximum atomic E-state index is 11.7. The third-order valence-electron chi connectivity index (χ3n) is 3.04. The Morgan fingerprint density at radius 1 is 1.47 bits per heavy atom. The number of thioether (sulfide) groups is 1. The van der Waals surface area contributed by atoms with Crippen molar-refractivity contribution in [3.05, 3.63) is 0 Å². The predicted molar refractivity (Wildman–Crippen MR) is 73.9 cm³/mol. The molecule has 1 saturated heterocycles. The van der Waals surface area contributed by atoms with Crippen molar-refractivity contribution >= 4 is 33.5 Å². The molecule has 0 radical (unpaired) electrons. The van der Waals surface area contributed by atoms with E-state index in [1.54, 1.807) is 0 Å². The van der Waals surface area contributed by atoms with Gasteiger partial charge < -0.3 is 10.4 Å². The van der Waals surface area contributed by atoms with Gasteiger partial charge in [-0.15, -0.1) is 0 Å². The molecule has 1 aliphatic rings. The van der Waals surface area contributed by atoms with Gasteiger partial charge in [0.25, 0.3) is 0 Å². The maximum Gasteiger partial charge on any atom is 0.326 e. The first-order chi connectivity index (χ1) is 8.84. The summed E-state index contributed by atoms with van der Waals surface area (Å²) in [5.74, 6) is -0.810. The number of sulfone groups is 1. The Hall–Kier alpha value is -0.760. The molecular weight excluding hydrogens is 290 g/mol. The van der Waals surface area contributed by atoms with Crippen LogP contribution >= 0.6 is 11.8 Å². The van der Waals surface area contributed by atoms with Gasteiger partial charge in [0.1, 0.15) is 6.04 Å². The second-order valence-corrected chi connectivity index (χ2v) is 7.93. The van der Waals surface area contributed by atoms with Gasteiger partial charge >= 0.3 is 5.97 Å². The van der Waals surface area contributed by atoms with E-state index in [1.165, 1.54) is 11.8 Å². The van der Waals surface area contributed by atoms with Crippen LogP contribution in [0.3, 0.4) is 0 Å². The van der Waals surface area contributed by atoms with Gasteiger partial charge in [-0.3, -0.25) is 4.79 Å². The summed E-state index contributed by atoms with van der Waals surface area (Å²) >= 11 is 1.51. The van der Waals surface area contributed by atoms with Crippen molar-refractivity contribution in [2.75, 3.05) is 23.5 Å². The summed E-state index contributed by atoms with van der Waals surface area (Å²) in [6.07, 6.45) is 2.80. The lowest BCUT2D eigenvalue weighted by atomic mass is 10.0. The van der Waals surface area contributed by atoms with Gasteiger partial charge in [0.05, 0.1) is 11.5 Å². The van der Waals surface area contributed by atoms with Crippen LogP contribution in [0.15, 0.2) is 0 Å². The number of carboxylic acids is 1. The molecule has 2 atom stereocenters. The Labute approximate surface area is 117 Å². The highest BCUT2D eigenvalue weighted by molar-refractivity contribution is 7.98. The average Bonchev–Trinajstić information content (AvgIpc) is 2.63. The Morgan fingerprint density at radius 3 is 2.63 bits per heavy atom. The third-order valence-corrected chi connectivity index (χ3v) is 5.53. The van der Waals surface area contributed by atoms with Gasteiger partial charge in [-0.05, 0) is 30.8 Å². The third kappa shape index (κ3) is 5.82. The first-order valence-electron chi connectivity index (χ1n) is 6.05. The number of carbonyl (C=O) groups is 2. The number of carboxylic acid groups (broad SMARTS) is 1. The predicted octanol–water partition coefficient (Wildman–Crippen LogP) is 0.134. The lowest BCUT2D eigenvalue weighted by molar-refractivity contribution is -0.142. The Balaban J connectivity index is 2.42. The van der Waals surface area contributed by atoms with Gasteiger partial charge in [-0.1, -0.05) is 0 Å². The molecule has 0 spiro atoms. The van der Waals surface area contributed by atoms with Crippen LogP contribution in [0.5, 0.6) is 0 Å². The Bertz CT molecular complexity index is 434. The van der Waals surface area contributed by atoms with Gasteiger partial charge in [0.15, 0.2) is 9.84 Å². The molecule has 19 heavy (non-hydrogen) atoms. The molecular formula is C11H19NO5S2. The number of hydrogen-bond donors (Lipinski definition) is 2. The van der Waals surface area contributed by atoms with E-state index in [2.05, 4.69) is 5.32 Å². The summed E-state index contributed by atoms with van der Waals surface area (Å²) in [5, 5.41) is 11.4. The van der Waals surface area contributed by atoms with Crippen molar-refractivity contribution in [1.29, 1.82) is 0 Å². The zero-order chi connectivity index (χ0) is 14.5. The van der Waals surface area contributed by atoms with Gasteiger partial charge in [0.2, 0.25) is 5.91 Å². The molecule has 6 nitrogen and oxygen atoms in total. The Kier molecular flexibility index (Phi) is 6.12. The minimum Gasteiger partial charge on any atom is -0.480 e. The summed E-state index contributed by atoms with van der Waals surface area (Å²) in [6, 6.07) is -0.891. The van der Waals surface area contributed by atoms with Crippen LogP contribution in [0.4, 0.5) is 0 Å². The topological polar surface area (TPSA) is 101 Å². The largest absolute Gasteiger partial charge is 0.480 e. The molecule has 0 aromatic carbocycles. The number of nitrogens with one attached hydrogen (secondary N) is 1. The molecule has 1 fully saturated rings. The average molecular weight is 309 g/mol. The molecule has 1 aliphatic heterocycles. The molecule has 2 unspecified atom stereocenters. The second kappa shape index (κ2) is 7.14. The molecule has 0 bridgehead atoms. The van der Waals surface area contributed by atoms with Crippen LogP contribution in [-0.4, -0.2) is 55.0 Å². The van der Waals surface area contributed by atoms with E-state index in [4.69, 9.17) is 5.11 Å². The fraction of sp³-hybridized carbons (Fsp3) is 0.818. The van der Waals surface area contributed by atoms with Crippen LogP contribution < -0.4 is 5.32 Å². The SMILES string of the molecule is CSCCC(NC(=O)CC1CCS(=O)(=O)C1)C(=O)O. The van der Waals surface area contributed by atoms with Crippen LogP contribution in [0.2, 0.25) is 0 Å². The van der Waals surface area contributed by atoms with Crippen LogP contribution in [-0.2, 0) is 19.4 Å². The van der Waals surface area contributed by atoms with Crippen LogP contribution in [0, 0.1) is 5.92 Å². The second-order valence-electron chi connectivity index (χ2n) is 4.71. The molecule has 0 aromatic rings. The lowest BCUT2D eigenvalue weighted by Gasteiger charge is -2.15. The fourth-order valence-electron chi connectivity index (χ4n) is 2.04. The summed E-state index contributed by atoms with van der Waals surface area (Å²) in [7, 11) is -3.00. The standard InChI is InChI=1S/C11H19NO5S2/c1-18-4-2-9(11(14)15)12-10(13)6-8-3-5-19(16,17)7-8/h8-9H,2-7H2,1H3,(H,12,13)(H,14,15). The number of rotatable bonds is 7. The number of aliphatic carboxylic acids is 1. The van der Waals surface area contributed by atoms with Crippen LogP contribution in [0.25, 0.3) is 0 Å². The first-order valence-corrected chi connectivity index (χ1v) is 9.27. The van der Waals surface area contributed by atoms with Crippen LogP contribution in [0.1, 0.15) is 19.3 Å². The first kappa shape index (κ1) is 16.3. The van der Waals surface area contributed by atoms with E-state index in [9.17, 15) is 18.0 Å². The summed E-state index contributed by atoms with van der Waals surface area (Å²) in [6.45, 7) is 0. The summed E-state index contributed by atoms with van der Waals surface area (Å²) in [5.41, 5.74) is 0. The molecule has 1 amide bonds. The monoisotopic (exact) mass is 309 g/mol. The minimum absolute atomic E-state index is 0.0307. The van der Waals surface area contributed by atoms with E-state index < -0.39 is 21.8 Å². The molecule has 0 saturated carbocycles. The normalized spacial score (nSPS) is 22.9. The van der Waals surface area contributed by atoms with Gasteiger partial charge in [-0.2, -0.15) is 11.8 Å².